The van der Waals surface area contributed by atoms with E-state index in [2.05, 4.69) is 21.0 Å². The summed E-state index contributed by atoms with van der Waals surface area (Å²) in [7, 11) is 0. The lowest BCUT2D eigenvalue weighted by atomic mass is 10.2. The summed E-state index contributed by atoms with van der Waals surface area (Å²) in [5.74, 6) is 0.119. The number of hydrogen-bond donors (Lipinski definition) is 3. The van der Waals surface area contributed by atoms with E-state index in [4.69, 9.17) is 10.8 Å². The van der Waals surface area contributed by atoms with Gasteiger partial charge in [0.25, 0.3) is 0 Å². The van der Waals surface area contributed by atoms with Crippen LogP contribution in [-0.4, -0.2) is 17.4 Å². The number of benzene rings is 1. The molecule has 1 aromatic rings. The first-order chi connectivity index (χ1) is 6.59. The van der Waals surface area contributed by atoms with Gasteiger partial charge in [0.2, 0.25) is 0 Å². The molecule has 0 saturated heterocycles. The van der Waals surface area contributed by atoms with Crippen molar-refractivity contribution in [2.75, 3.05) is 0 Å². The quantitative estimate of drug-likeness (QED) is 0.549. The Labute approximate surface area is 88.7 Å². The molecule has 0 aliphatic carbocycles. The van der Waals surface area contributed by atoms with Crippen LogP contribution in [0.15, 0.2) is 27.8 Å². The van der Waals surface area contributed by atoms with E-state index >= 15 is 0 Å². The van der Waals surface area contributed by atoms with Crippen molar-refractivity contribution in [3.8, 4) is 5.75 Å². The van der Waals surface area contributed by atoms with Crippen molar-refractivity contribution >= 4 is 28.2 Å². The number of primary amides is 1. The van der Waals surface area contributed by atoms with Gasteiger partial charge < -0.3 is 10.8 Å². The number of carbonyl (C=O) groups excluding carboxylic acids is 1. The molecular weight excluding hydrogens is 250 g/mol. The number of urea groups is 1. The summed E-state index contributed by atoms with van der Waals surface area (Å²) in [6.07, 6.45) is 1.37. The maximum absolute atomic E-state index is 10.3. The molecule has 4 N–H and O–H groups in total. The zero-order chi connectivity index (χ0) is 10.6. The number of nitrogens with one attached hydrogen (secondary N) is 1. The van der Waals surface area contributed by atoms with Crippen LogP contribution in [0.4, 0.5) is 4.79 Å². The first kappa shape index (κ1) is 10.5. The van der Waals surface area contributed by atoms with Gasteiger partial charge in [0.15, 0.2) is 0 Å². The highest BCUT2D eigenvalue weighted by molar-refractivity contribution is 9.10. The average Bonchev–Trinajstić information content (AvgIpc) is 2.10. The van der Waals surface area contributed by atoms with Crippen LogP contribution in [0.25, 0.3) is 0 Å². The number of hydrogen-bond acceptors (Lipinski definition) is 3. The second kappa shape index (κ2) is 4.61. The van der Waals surface area contributed by atoms with E-state index in [1.165, 1.54) is 18.3 Å². The molecule has 14 heavy (non-hydrogen) atoms. The number of carbonyl (C=O) groups is 1. The van der Waals surface area contributed by atoms with Gasteiger partial charge in [0.1, 0.15) is 5.75 Å². The van der Waals surface area contributed by atoms with Crippen LogP contribution in [-0.2, 0) is 0 Å². The van der Waals surface area contributed by atoms with Crippen molar-refractivity contribution < 1.29 is 9.90 Å². The number of amides is 2. The highest BCUT2D eigenvalue weighted by Gasteiger charge is 1.97. The molecule has 0 fully saturated rings. The molecule has 74 valence electrons. The van der Waals surface area contributed by atoms with Crippen LogP contribution in [0.3, 0.4) is 0 Å². The standard InChI is InChI=1S/C8H8BrN3O2/c9-7-2-1-6(13)3-5(7)4-11-12-8(10)14/h1-4,13H,(H3,10,12,14). The van der Waals surface area contributed by atoms with Crippen LogP contribution in [0, 0.1) is 0 Å². The third kappa shape index (κ3) is 3.06. The summed E-state index contributed by atoms with van der Waals surface area (Å²) in [4.78, 5) is 10.3. The number of phenols is 1. The Hall–Kier alpha value is -1.56. The van der Waals surface area contributed by atoms with Crippen LogP contribution < -0.4 is 11.2 Å². The van der Waals surface area contributed by atoms with E-state index in [1.54, 1.807) is 6.07 Å². The number of phenolic OH excluding ortho intramolecular Hbond substituents is 1. The molecule has 0 spiro atoms. The predicted molar refractivity (Wildman–Crippen MR) is 56.1 cm³/mol. The lowest BCUT2D eigenvalue weighted by Gasteiger charge is -1.98. The smallest absolute Gasteiger partial charge is 0.332 e. The summed E-state index contributed by atoms with van der Waals surface area (Å²) in [5.41, 5.74) is 7.48. The van der Waals surface area contributed by atoms with Crippen LogP contribution >= 0.6 is 15.9 Å². The molecule has 0 saturated carbocycles. The summed E-state index contributed by atoms with van der Waals surface area (Å²) in [6, 6.07) is 3.96. The largest absolute Gasteiger partial charge is 0.508 e. The maximum Gasteiger partial charge on any atom is 0.332 e. The van der Waals surface area contributed by atoms with E-state index in [9.17, 15) is 4.79 Å². The fourth-order valence-electron chi connectivity index (χ4n) is 0.796. The van der Waals surface area contributed by atoms with Gasteiger partial charge in [-0.15, -0.1) is 0 Å². The summed E-state index contributed by atoms with van der Waals surface area (Å²) in [6.45, 7) is 0. The molecule has 0 unspecified atom stereocenters. The number of rotatable bonds is 2. The molecule has 0 bridgehead atoms. The Morgan fingerprint density at radius 3 is 3.00 bits per heavy atom. The number of hydrazone groups is 1. The molecular formula is C8H8BrN3O2. The zero-order valence-corrected chi connectivity index (χ0v) is 8.65. The van der Waals surface area contributed by atoms with Crippen LogP contribution in [0.1, 0.15) is 5.56 Å². The molecule has 2 amide bonds. The minimum atomic E-state index is -0.738. The molecule has 5 nitrogen and oxygen atoms in total. The first-order valence-electron chi connectivity index (χ1n) is 3.66. The minimum absolute atomic E-state index is 0.119. The van der Waals surface area contributed by atoms with Crippen molar-refractivity contribution in [1.29, 1.82) is 0 Å². The third-order valence-electron chi connectivity index (χ3n) is 1.36. The Balaban J connectivity index is 2.80. The van der Waals surface area contributed by atoms with Crippen molar-refractivity contribution in [3.63, 3.8) is 0 Å². The van der Waals surface area contributed by atoms with Gasteiger partial charge in [-0.3, -0.25) is 0 Å². The Morgan fingerprint density at radius 1 is 1.64 bits per heavy atom. The topological polar surface area (TPSA) is 87.7 Å². The minimum Gasteiger partial charge on any atom is -0.508 e. The molecule has 0 radical (unpaired) electrons. The third-order valence-corrected chi connectivity index (χ3v) is 2.08. The Morgan fingerprint density at radius 2 is 2.36 bits per heavy atom. The first-order valence-corrected chi connectivity index (χ1v) is 4.46. The maximum atomic E-state index is 10.3. The van der Waals surface area contributed by atoms with Gasteiger partial charge in [-0.2, -0.15) is 5.10 Å². The SMILES string of the molecule is NC(=O)NN=Cc1cc(O)ccc1Br. The van der Waals surface area contributed by atoms with Crippen LogP contribution in [0.5, 0.6) is 5.75 Å². The Bertz CT molecular complexity index is 379. The second-order valence-electron chi connectivity index (χ2n) is 2.44. The lowest BCUT2D eigenvalue weighted by molar-refractivity contribution is 0.249. The zero-order valence-electron chi connectivity index (χ0n) is 7.07. The molecule has 1 rings (SSSR count). The van der Waals surface area contributed by atoms with Crippen molar-refractivity contribution in [1.82, 2.24) is 5.43 Å². The summed E-state index contributed by atoms with van der Waals surface area (Å²) in [5, 5.41) is 12.7. The molecule has 6 heteroatoms. The van der Waals surface area contributed by atoms with Crippen LogP contribution in [0.2, 0.25) is 0 Å². The summed E-state index contributed by atoms with van der Waals surface area (Å²) >= 11 is 3.25. The lowest BCUT2D eigenvalue weighted by Crippen LogP contribution is -2.24. The van der Waals surface area contributed by atoms with Gasteiger partial charge in [-0.25, -0.2) is 10.2 Å². The van der Waals surface area contributed by atoms with Gasteiger partial charge in [0, 0.05) is 10.0 Å². The fourth-order valence-corrected chi connectivity index (χ4v) is 1.14. The average molecular weight is 258 g/mol. The fraction of sp³-hybridized carbons (Fsp3) is 0. The van der Waals surface area contributed by atoms with E-state index < -0.39 is 6.03 Å². The summed E-state index contributed by atoms with van der Waals surface area (Å²) < 4.78 is 0.755. The van der Waals surface area contributed by atoms with E-state index in [0.717, 1.165) is 4.47 Å². The van der Waals surface area contributed by atoms with Gasteiger partial charge in [0.05, 0.1) is 6.21 Å². The second-order valence-corrected chi connectivity index (χ2v) is 3.29. The predicted octanol–water partition coefficient (Wildman–Crippen LogP) is 1.16. The number of nitrogens with two attached hydrogens (primary N) is 1. The van der Waals surface area contributed by atoms with Crippen molar-refractivity contribution in [2.24, 2.45) is 10.8 Å². The molecule has 0 aliphatic heterocycles. The number of aromatic hydroxyl groups is 1. The Kier molecular flexibility index (Phi) is 3.47. The molecule has 1 aromatic carbocycles. The number of nitrogens with zero attached hydrogens (tertiary/aromatic N) is 1. The monoisotopic (exact) mass is 257 g/mol. The highest BCUT2D eigenvalue weighted by Crippen LogP contribution is 2.19. The highest BCUT2D eigenvalue weighted by atomic mass is 79.9. The number of halogens is 1. The molecule has 0 heterocycles. The normalized spacial score (nSPS) is 10.4. The van der Waals surface area contributed by atoms with Gasteiger partial charge in [-0.1, -0.05) is 15.9 Å². The molecule has 0 aromatic heterocycles. The van der Waals surface area contributed by atoms with Gasteiger partial charge >= 0.3 is 6.03 Å². The van der Waals surface area contributed by atoms with Crippen molar-refractivity contribution in [2.45, 2.75) is 0 Å². The van der Waals surface area contributed by atoms with E-state index in [0.29, 0.717) is 5.56 Å². The van der Waals surface area contributed by atoms with E-state index in [-0.39, 0.29) is 5.75 Å². The van der Waals surface area contributed by atoms with Gasteiger partial charge in [-0.05, 0) is 18.2 Å². The molecule has 0 aliphatic rings. The van der Waals surface area contributed by atoms with E-state index in [1.807, 2.05) is 5.43 Å². The van der Waals surface area contributed by atoms with Crippen molar-refractivity contribution in [3.05, 3.63) is 28.2 Å². The molecule has 0 atom stereocenters.